The normalized spacial score (nSPS) is 13.1. The van der Waals surface area contributed by atoms with E-state index in [1.165, 1.54) is 5.56 Å². The molecule has 0 aliphatic carbocycles. The molecule has 0 saturated carbocycles. The average molecular weight is 292 g/mol. The number of hydrogen-bond acceptors (Lipinski definition) is 3. The van der Waals surface area contributed by atoms with Crippen molar-refractivity contribution in [3.05, 3.63) is 54.1 Å². The largest absolute Gasteiger partial charge is 0.486 e. The molecule has 0 radical (unpaired) electrons. The molecule has 0 spiro atoms. The van der Waals surface area contributed by atoms with Crippen LogP contribution in [0.2, 0.25) is 0 Å². The molecular formula is C18H16N2O2. The molecule has 0 unspecified atom stereocenters. The maximum atomic E-state index is 5.63. The maximum absolute atomic E-state index is 5.63. The molecule has 4 rings (SSSR count). The fraction of sp³-hybridized carbons (Fsp3) is 0.167. The fourth-order valence-corrected chi connectivity index (χ4v) is 2.55. The predicted octanol–water partition coefficient (Wildman–Crippen LogP) is 3.82. The van der Waals surface area contributed by atoms with Gasteiger partial charge in [0.25, 0.3) is 0 Å². The van der Waals surface area contributed by atoms with Crippen molar-refractivity contribution >= 4 is 0 Å². The van der Waals surface area contributed by atoms with Gasteiger partial charge in [0.1, 0.15) is 13.2 Å². The molecule has 0 saturated heterocycles. The number of ether oxygens (including phenoxy) is 2. The van der Waals surface area contributed by atoms with E-state index in [1.807, 2.05) is 18.2 Å². The van der Waals surface area contributed by atoms with Crippen LogP contribution in [0.4, 0.5) is 0 Å². The first-order valence-electron chi connectivity index (χ1n) is 7.32. The van der Waals surface area contributed by atoms with E-state index in [0.717, 1.165) is 34.0 Å². The van der Waals surface area contributed by atoms with Crippen LogP contribution in [0.5, 0.6) is 11.5 Å². The summed E-state index contributed by atoms with van der Waals surface area (Å²) in [7, 11) is 0. The first kappa shape index (κ1) is 13.0. The van der Waals surface area contributed by atoms with E-state index in [1.54, 1.807) is 0 Å². The molecule has 1 N–H and O–H groups in total. The number of aryl methyl sites for hydroxylation is 1. The van der Waals surface area contributed by atoms with Crippen molar-refractivity contribution in [3.8, 4) is 34.0 Å². The van der Waals surface area contributed by atoms with Gasteiger partial charge in [0, 0.05) is 5.56 Å². The molecule has 4 heteroatoms. The van der Waals surface area contributed by atoms with Crippen molar-refractivity contribution < 1.29 is 9.47 Å². The third kappa shape index (κ3) is 2.33. The van der Waals surface area contributed by atoms with Crippen LogP contribution in [0.15, 0.2) is 48.5 Å². The molecule has 0 fully saturated rings. The molecule has 110 valence electrons. The lowest BCUT2D eigenvalue weighted by molar-refractivity contribution is 0.171. The second-order valence-electron chi connectivity index (χ2n) is 5.39. The lowest BCUT2D eigenvalue weighted by atomic mass is 10.1. The number of benzene rings is 2. The monoisotopic (exact) mass is 292 g/mol. The second kappa shape index (κ2) is 5.22. The molecule has 1 aliphatic heterocycles. The summed E-state index contributed by atoms with van der Waals surface area (Å²) < 4.78 is 11.2. The molecule has 1 aliphatic rings. The Labute approximate surface area is 128 Å². The number of nitrogens with zero attached hydrogens (tertiary/aromatic N) is 1. The molecule has 3 aromatic rings. The summed E-state index contributed by atoms with van der Waals surface area (Å²) >= 11 is 0. The van der Waals surface area contributed by atoms with Gasteiger partial charge in [0.15, 0.2) is 11.5 Å². The van der Waals surface area contributed by atoms with Gasteiger partial charge >= 0.3 is 0 Å². The Balaban J connectivity index is 1.68. The van der Waals surface area contributed by atoms with Crippen molar-refractivity contribution in [1.82, 2.24) is 10.2 Å². The lowest BCUT2D eigenvalue weighted by Gasteiger charge is -2.18. The Morgan fingerprint density at radius 1 is 0.864 bits per heavy atom. The molecule has 0 atom stereocenters. The highest BCUT2D eigenvalue weighted by Crippen LogP contribution is 2.34. The van der Waals surface area contributed by atoms with E-state index in [-0.39, 0.29) is 0 Å². The standard InChI is InChI=1S/C18H16N2O2/c1-12-2-4-13(5-3-12)15-11-16(20-19-15)14-6-7-17-18(10-14)22-9-8-21-17/h2-7,10-11H,8-9H2,1H3,(H,19,20). The van der Waals surface area contributed by atoms with Crippen LogP contribution in [-0.4, -0.2) is 23.4 Å². The minimum Gasteiger partial charge on any atom is -0.486 e. The highest BCUT2D eigenvalue weighted by Gasteiger charge is 2.14. The molecule has 0 bridgehead atoms. The number of H-pyrrole nitrogens is 1. The average Bonchev–Trinajstić information content (AvgIpc) is 3.05. The van der Waals surface area contributed by atoms with E-state index in [0.29, 0.717) is 13.2 Å². The van der Waals surface area contributed by atoms with E-state index in [9.17, 15) is 0 Å². The van der Waals surface area contributed by atoms with Crippen LogP contribution >= 0.6 is 0 Å². The summed E-state index contributed by atoms with van der Waals surface area (Å²) in [5, 5.41) is 7.51. The number of aromatic amines is 1. The quantitative estimate of drug-likeness (QED) is 0.781. The van der Waals surface area contributed by atoms with Crippen LogP contribution in [0.1, 0.15) is 5.56 Å². The summed E-state index contributed by atoms with van der Waals surface area (Å²) in [6, 6.07) is 16.3. The zero-order chi connectivity index (χ0) is 14.9. The number of nitrogens with one attached hydrogen (secondary N) is 1. The van der Waals surface area contributed by atoms with Gasteiger partial charge in [-0.25, -0.2) is 0 Å². The molecule has 1 aromatic heterocycles. The smallest absolute Gasteiger partial charge is 0.162 e. The summed E-state index contributed by atoms with van der Waals surface area (Å²) in [6.07, 6.45) is 0. The van der Waals surface area contributed by atoms with Gasteiger partial charge < -0.3 is 9.47 Å². The van der Waals surface area contributed by atoms with Gasteiger partial charge in [0.2, 0.25) is 0 Å². The van der Waals surface area contributed by atoms with Crippen molar-refractivity contribution in [2.45, 2.75) is 6.92 Å². The van der Waals surface area contributed by atoms with Crippen LogP contribution in [0, 0.1) is 6.92 Å². The Morgan fingerprint density at radius 3 is 2.41 bits per heavy atom. The van der Waals surface area contributed by atoms with Gasteiger partial charge in [-0.05, 0) is 36.8 Å². The van der Waals surface area contributed by atoms with Crippen molar-refractivity contribution in [2.24, 2.45) is 0 Å². The van der Waals surface area contributed by atoms with E-state index < -0.39 is 0 Å². The van der Waals surface area contributed by atoms with Crippen LogP contribution in [-0.2, 0) is 0 Å². The Hall–Kier alpha value is -2.75. The van der Waals surface area contributed by atoms with E-state index in [4.69, 9.17) is 9.47 Å². The molecule has 0 amide bonds. The van der Waals surface area contributed by atoms with Gasteiger partial charge in [0.05, 0.1) is 11.4 Å². The van der Waals surface area contributed by atoms with Crippen molar-refractivity contribution in [1.29, 1.82) is 0 Å². The van der Waals surface area contributed by atoms with E-state index >= 15 is 0 Å². The van der Waals surface area contributed by atoms with E-state index in [2.05, 4.69) is 47.5 Å². The third-order valence-electron chi connectivity index (χ3n) is 3.78. The first-order valence-corrected chi connectivity index (χ1v) is 7.32. The molecule has 22 heavy (non-hydrogen) atoms. The van der Waals surface area contributed by atoms with Gasteiger partial charge in [-0.15, -0.1) is 0 Å². The van der Waals surface area contributed by atoms with Crippen molar-refractivity contribution in [3.63, 3.8) is 0 Å². The molecule has 4 nitrogen and oxygen atoms in total. The number of hydrogen-bond donors (Lipinski definition) is 1. The second-order valence-corrected chi connectivity index (χ2v) is 5.39. The summed E-state index contributed by atoms with van der Waals surface area (Å²) in [5.74, 6) is 1.58. The van der Waals surface area contributed by atoms with Gasteiger partial charge in [-0.2, -0.15) is 5.10 Å². The molecule has 2 heterocycles. The third-order valence-corrected chi connectivity index (χ3v) is 3.78. The number of fused-ring (bicyclic) bond motifs is 1. The zero-order valence-electron chi connectivity index (χ0n) is 12.3. The highest BCUT2D eigenvalue weighted by molar-refractivity contribution is 5.70. The summed E-state index contributed by atoms with van der Waals surface area (Å²) in [4.78, 5) is 0. The van der Waals surface area contributed by atoms with Gasteiger partial charge in [-0.3, -0.25) is 5.10 Å². The maximum Gasteiger partial charge on any atom is 0.162 e. The zero-order valence-corrected chi connectivity index (χ0v) is 12.3. The number of aromatic nitrogens is 2. The Kier molecular flexibility index (Phi) is 3.07. The predicted molar refractivity (Wildman–Crippen MR) is 85.2 cm³/mol. The summed E-state index contributed by atoms with van der Waals surface area (Å²) in [6.45, 7) is 3.27. The van der Waals surface area contributed by atoms with Crippen LogP contribution in [0.25, 0.3) is 22.5 Å². The van der Waals surface area contributed by atoms with Crippen LogP contribution < -0.4 is 9.47 Å². The lowest BCUT2D eigenvalue weighted by Crippen LogP contribution is -2.15. The summed E-state index contributed by atoms with van der Waals surface area (Å²) in [5.41, 5.74) is 5.29. The highest BCUT2D eigenvalue weighted by atomic mass is 16.6. The molecular weight excluding hydrogens is 276 g/mol. The fourth-order valence-electron chi connectivity index (χ4n) is 2.55. The Bertz CT molecular complexity index is 806. The minimum atomic E-state index is 0.589. The number of rotatable bonds is 2. The van der Waals surface area contributed by atoms with Gasteiger partial charge in [-0.1, -0.05) is 29.8 Å². The topological polar surface area (TPSA) is 47.1 Å². The first-order chi connectivity index (χ1) is 10.8. The Morgan fingerprint density at radius 2 is 1.59 bits per heavy atom. The minimum absolute atomic E-state index is 0.589. The van der Waals surface area contributed by atoms with Crippen LogP contribution in [0.3, 0.4) is 0 Å². The van der Waals surface area contributed by atoms with Crippen molar-refractivity contribution in [2.75, 3.05) is 13.2 Å². The molecule has 2 aromatic carbocycles. The SMILES string of the molecule is Cc1ccc(-c2cc(-c3ccc4c(c3)OCCO4)n[nH]2)cc1.